The number of halogens is 2. The number of rotatable bonds is 14. The van der Waals surface area contributed by atoms with E-state index >= 15 is 0 Å². The molecule has 1 aromatic heterocycles. The summed E-state index contributed by atoms with van der Waals surface area (Å²) in [6.07, 6.45) is 1.94. The van der Waals surface area contributed by atoms with Crippen molar-refractivity contribution in [2.75, 3.05) is 68.8 Å². The summed E-state index contributed by atoms with van der Waals surface area (Å²) in [7, 11) is 3.98. The second kappa shape index (κ2) is 14.4. The first-order valence-corrected chi connectivity index (χ1v) is 14.5. The smallest absolute Gasteiger partial charge is 0.253 e. The number of pyridine rings is 1. The quantitative estimate of drug-likeness (QED) is 0.111. The Morgan fingerprint density at radius 3 is 2.36 bits per heavy atom. The van der Waals surface area contributed by atoms with Gasteiger partial charge in [0.25, 0.3) is 5.91 Å². The van der Waals surface area contributed by atoms with E-state index in [1.807, 2.05) is 49.3 Å². The number of benzene rings is 3. The Balaban J connectivity index is 1.46. The van der Waals surface area contributed by atoms with Crippen molar-refractivity contribution in [3.63, 3.8) is 0 Å². The van der Waals surface area contributed by atoms with Crippen LogP contribution in [0.1, 0.15) is 22.3 Å². The molecule has 0 radical (unpaired) electrons. The minimum absolute atomic E-state index is 0.102. The van der Waals surface area contributed by atoms with Crippen molar-refractivity contribution in [1.29, 1.82) is 0 Å². The predicted molar refractivity (Wildman–Crippen MR) is 167 cm³/mol. The van der Waals surface area contributed by atoms with Gasteiger partial charge in [-0.2, -0.15) is 0 Å². The third kappa shape index (κ3) is 7.75. The van der Waals surface area contributed by atoms with Gasteiger partial charge in [0.2, 0.25) is 0 Å². The highest BCUT2D eigenvalue weighted by Crippen LogP contribution is 2.29. The van der Waals surface area contributed by atoms with Crippen LogP contribution in [0.4, 0.5) is 11.4 Å². The molecule has 6 nitrogen and oxygen atoms in total. The van der Waals surface area contributed by atoms with Gasteiger partial charge in [-0.15, -0.1) is 23.2 Å². The number of amides is 1. The monoisotopic (exact) mass is 565 g/mol. The largest absolute Gasteiger partial charge is 0.384 e. The number of carbonyl (C=O) groups excluding carboxylic acids is 1. The molecule has 0 aliphatic rings. The molecule has 4 aromatic rings. The topological polar surface area (TPSA) is 60.5 Å². The number of hydrogen-bond acceptors (Lipinski definition) is 5. The van der Waals surface area contributed by atoms with Gasteiger partial charge in [-0.25, -0.2) is 4.98 Å². The van der Waals surface area contributed by atoms with Gasteiger partial charge in [0, 0.05) is 66.6 Å². The van der Waals surface area contributed by atoms with E-state index in [-0.39, 0.29) is 5.91 Å². The molecule has 1 amide bonds. The van der Waals surface area contributed by atoms with Gasteiger partial charge in [-0.3, -0.25) is 4.79 Å². The summed E-state index contributed by atoms with van der Waals surface area (Å²) in [6.45, 7) is 3.74. The van der Waals surface area contributed by atoms with Crippen LogP contribution >= 0.6 is 23.2 Å². The Hall–Kier alpha value is -3.06. The molecule has 0 fully saturated rings. The van der Waals surface area contributed by atoms with E-state index in [0.29, 0.717) is 23.9 Å². The van der Waals surface area contributed by atoms with Crippen molar-refractivity contribution in [1.82, 2.24) is 15.2 Å². The van der Waals surface area contributed by atoms with Crippen molar-refractivity contribution < 1.29 is 4.79 Å². The molecular formula is C31H37Cl2N5O. The van der Waals surface area contributed by atoms with E-state index in [2.05, 4.69) is 51.9 Å². The highest BCUT2D eigenvalue weighted by Gasteiger charge is 2.15. The number of nitrogens with one attached hydrogen (secondary N) is 2. The maximum atomic E-state index is 13.0. The van der Waals surface area contributed by atoms with E-state index in [1.54, 1.807) is 0 Å². The van der Waals surface area contributed by atoms with Gasteiger partial charge in [0.15, 0.2) is 0 Å². The van der Waals surface area contributed by atoms with Crippen molar-refractivity contribution in [3.8, 4) is 0 Å². The minimum Gasteiger partial charge on any atom is -0.384 e. The normalized spacial score (nSPS) is 11.3. The van der Waals surface area contributed by atoms with Crippen LogP contribution < -0.4 is 15.5 Å². The Morgan fingerprint density at radius 1 is 0.897 bits per heavy atom. The molecule has 0 aliphatic heterocycles. The fourth-order valence-corrected chi connectivity index (χ4v) is 5.06. The van der Waals surface area contributed by atoms with E-state index < -0.39 is 0 Å². The van der Waals surface area contributed by atoms with Gasteiger partial charge in [0.05, 0.1) is 16.6 Å². The van der Waals surface area contributed by atoms with Gasteiger partial charge >= 0.3 is 0 Å². The average molecular weight is 567 g/mol. The third-order valence-corrected chi connectivity index (χ3v) is 7.08. The molecule has 0 unspecified atom stereocenters. The highest BCUT2D eigenvalue weighted by atomic mass is 35.5. The molecule has 0 saturated heterocycles. The molecule has 0 aliphatic carbocycles. The lowest BCUT2D eigenvalue weighted by Gasteiger charge is -2.23. The van der Waals surface area contributed by atoms with Crippen LogP contribution in [0.3, 0.4) is 0 Å². The third-order valence-electron chi connectivity index (χ3n) is 6.74. The van der Waals surface area contributed by atoms with Crippen LogP contribution in [-0.2, 0) is 6.42 Å². The Bertz CT molecular complexity index is 1370. The van der Waals surface area contributed by atoms with Crippen LogP contribution in [0.2, 0.25) is 0 Å². The lowest BCUT2D eigenvalue weighted by atomic mass is 10.0. The van der Waals surface area contributed by atoms with E-state index in [9.17, 15) is 4.79 Å². The number of alkyl halides is 2. The number of fused-ring (bicyclic) bond motifs is 2. The Kier molecular flexibility index (Phi) is 10.7. The van der Waals surface area contributed by atoms with Gasteiger partial charge < -0.3 is 20.4 Å². The zero-order chi connectivity index (χ0) is 27.6. The van der Waals surface area contributed by atoms with Crippen LogP contribution in [-0.4, -0.2) is 74.4 Å². The van der Waals surface area contributed by atoms with Crippen LogP contribution in [0, 0.1) is 0 Å². The summed E-state index contributed by atoms with van der Waals surface area (Å²) in [5, 5.41) is 8.63. The number of aromatic nitrogens is 1. The van der Waals surface area contributed by atoms with E-state index in [4.69, 9.17) is 28.2 Å². The molecule has 1 heterocycles. The lowest BCUT2D eigenvalue weighted by molar-refractivity contribution is 0.0952. The molecule has 0 atom stereocenters. The Labute approximate surface area is 241 Å². The SMILES string of the molecule is CN(C)CCNC(=O)c1ccc(NCCCc2ccc(N(CCCl)CCCl)cc2)c2cc3ccccc3nc12. The summed E-state index contributed by atoms with van der Waals surface area (Å²) in [4.78, 5) is 22.2. The number of hydrogen-bond donors (Lipinski definition) is 2. The Morgan fingerprint density at radius 2 is 1.64 bits per heavy atom. The fourth-order valence-electron chi connectivity index (χ4n) is 4.65. The molecule has 2 N–H and O–H groups in total. The summed E-state index contributed by atoms with van der Waals surface area (Å²) >= 11 is 11.9. The number of nitrogens with zero attached hydrogens (tertiary/aromatic N) is 3. The molecule has 0 spiro atoms. The van der Waals surface area contributed by atoms with Crippen molar-refractivity contribution in [2.24, 2.45) is 0 Å². The van der Waals surface area contributed by atoms with Crippen molar-refractivity contribution in [2.45, 2.75) is 12.8 Å². The molecule has 3 aromatic carbocycles. The summed E-state index contributed by atoms with van der Waals surface area (Å²) in [5.41, 5.74) is 5.62. The van der Waals surface area contributed by atoms with Gasteiger partial charge in [-0.1, -0.05) is 30.3 Å². The van der Waals surface area contributed by atoms with Gasteiger partial charge in [-0.05, 0) is 68.9 Å². The average Bonchev–Trinajstić information content (AvgIpc) is 2.94. The zero-order valence-electron chi connectivity index (χ0n) is 22.7. The standard InChI is InChI=1S/C31H37Cl2N5O/c1-37(2)21-18-35-31(39)26-13-14-29(27-22-24-7-3-4-8-28(24)36-30(26)27)34-17-5-6-23-9-11-25(12-10-23)38(19-15-32)20-16-33/h3-4,7-14,22,34H,5-6,15-21H2,1-2H3,(H,35,39). The fraction of sp³-hybridized carbons (Fsp3) is 0.355. The van der Waals surface area contributed by atoms with Gasteiger partial charge in [0.1, 0.15) is 0 Å². The molecule has 39 heavy (non-hydrogen) atoms. The first-order valence-electron chi connectivity index (χ1n) is 13.4. The second-order valence-corrected chi connectivity index (χ2v) is 10.6. The maximum absolute atomic E-state index is 13.0. The van der Waals surface area contributed by atoms with E-state index in [0.717, 1.165) is 72.2 Å². The summed E-state index contributed by atoms with van der Waals surface area (Å²) in [6, 6.07) is 22.7. The van der Waals surface area contributed by atoms with Crippen molar-refractivity contribution >= 4 is 62.3 Å². The molecule has 4 rings (SSSR count). The number of likely N-dealkylation sites (N-methyl/N-ethyl adjacent to an activating group) is 1. The molecule has 206 valence electrons. The second-order valence-electron chi connectivity index (χ2n) is 9.86. The number of aryl methyl sites for hydroxylation is 1. The number of para-hydroxylation sites is 1. The molecular weight excluding hydrogens is 529 g/mol. The highest BCUT2D eigenvalue weighted by molar-refractivity contribution is 6.18. The molecule has 8 heteroatoms. The summed E-state index contributed by atoms with van der Waals surface area (Å²) in [5.74, 6) is 1.05. The van der Waals surface area contributed by atoms with Crippen molar-refractivity contribution in [3.05, 3.63) is 77.9 Å². The van der Waals surface area contributed by atoms with E-state index in [1.165, 1.54) is 5.56 Å². The first kappa shape index (κ1) is 28.9. The van der Waals surface area contributed by atoms with Crippen LogP contribution in [0.5, 0.6) is 0 Å². The zero-order valence-corrected chi connectivity index (χ0v) is 24.2. The summed E-state index contributed by atoms with van der Waals surface area (Å²) < 4.78 is 0. The predicted octanol–water partition coefficient (Wildman–Crippen LogP) is 6.01. The lowest BCUT2D eigenvalue weighted by Crippen LogP contribution is -2.31. The first-order chi connectivity index (χ1) is 19.0. The molecule has 0 bridgehead atoms. The minimum atomic E-state index is -0.102. The van der Waals surface area contributed by atoms with Crippen LogP contribution in [0.25, 0.3) is 21.8 Å². The van der Waals surface area contributed by atoms with Crippen LogP contribution in [0.15, 0.2) is 66.7 Å². The number of anilines is 2. The number of carbonyl (C=O) groups is 1. The molecule has 0 saturated carbocycles. The maximum Gasteiger partial charge on any atom is 0.253 e.